The average Bonchev–Trinajstić information content (AvgIpc) is 2.86. The van der Waals surface area contributed by atoms with E-state index in [0.717, 1.165) is 28.7 Å². The van der Waals surface area contributed by atoms with E-state index in [1.807, 2.05) is 28.9 Å². The molecule has 0 amide bonds. The zero-order valence-corrected chi connectivity index (χ0v) is 12.6. The van der Waals surface area contributed by atoms with Gasteiger partial charge in [-0.05, 0) is 24.6 Å². The van der Waals surface area contributed by atoms with Crippen molar-refractivity contribution < 1.29 is 9.84 Å². The number of ether oxygens (including phenoxy) is 1. The Balaban J connectivity index is 2.38. The van der Waals surface area contributed by atoms with Crippen LogP contribution in [0.15, 0.2) is 34.9 Å². The van der Waals surface area contributed by atoms with Gasteiger partial charge in [-0.1, -0.05) is 28.9 Å². The van der Waals surface area contributed by atoms with Crippen LogP contribution in [0.25, 0.3) is 0 Å². The van der Waals surface area contributed by atoms with Gasteiger partial charge in [0.25, 0.3) is 0 Å². The Morgan fingerprint density at radius 1 is 1.42 bits per heavy atom. The summed E-state index contributed by atoms with van der Waals surface area (Å²) in [6.45, 7) is 2.87. The molecule has 5 heteroatoms. The fourth-order valence-electron chi connectivity index (χ4n) is 2.04. The van der Waals surface area contributed by atoms with Gasteiger partial charge >= 0.3 is 0 Å². The molecule has 1 aromatic heterocycles. The third kappa shape index (κ3) is 2.98. The number of methoxy groups -OCH3 is 1. The van der Waals surface area contributed by atoms with E-state index in [4.69, 9.17) is 4.74 Å². The topological polar surface area (TPSA) is 47.3 Å². The summed E-state index contributed by atoms with van der Waals surface area (Å²) in [6.07, 6.45) is 1.94. The van der Waals surface area contributed by atoms with Gasteiger partial charge in [-0.25, -0.2) is 0 Å². The molecule has 1 aromatic carbocycles. The first-order valence-electron chi connectivity index (χ1n) is 6.20. The lowest BCUT2D eigenvalue weighted by molar-refractivity contribution is 0.202. The fourth-order valence-corrected chi connectivity index (χ4v) is 2.38. The molecule has 2 aromatic rings. The molecule has 1 unspecified atom stereocenters. The van der Waals surface area contributed by atoms with Gasteiger partial charge in [-0.15, -0.1) is 0 Å². The van der Waals surface area contributed by atoms with Crippen LogP contribution in [-0.4, -0.2) is 22.0 Å². The van der Waals surface area contributed by atoms with Crippen LogP contribution in [0.5, 0.6) is 5.75 Å². The normalized spacial score (nSPS) is 12.4. The molecule has 1 atom stereocenters. The van der Waals surface area contributed by atoms with Crippen molar-refractivity contribution in [3.05, 3.63) is 46.2 Å². The minimum absolute atomic E-state index is 0.658. The van der Waals surface area contributed by atoms with Crippen molar-refractivity contribution in [2.45, 2.75) is 26.0 Å². The zero-order valence-electron chi connectivity index (χ0n) is 11.0. The maximum atomic E-state index is 10.5. The van der Waals surface area contributed by atoms with Crippen LogP contribution < -0.4 is 4.74 Å². The highest BCUT2D eigenvalue weighted by Gasteiger charge is 2.19. The lowest BCUT2D eigenvalue weighted by Gasteiger charge is -2.16. The third-order valence-electron chi connectivity index (χ3n) is 2.96. The summed E-state index contributed by atoms with van der Waals surface area (Å²) >= 11 is 3.40. The number of hydrogen-bond acceptors (Lipinski definition) is 3. The Kier molecular flexibility index (Phi) is 4.61. The average molecular weight is 325 g/mol. The van der Waals surface area contributed by atoms with Crippen molar-refractivity contribution in [1.29, 1.82) is 0 Å². The zero-order chi connectivity index (χ0) is 13.8. The standard InChI is InChI=1S/C14H17BrN2O2/c1-3-8-17-12(6-7-16-17)14(18)11-5-4-10(15)9-13(11)19-2/h4-7,9,14,18H,3,8H2,1-2H3. The number of aromatic nitrogens is 2. The largest absolute Gasteiger partial charge is 0.496 e. The van der Waals surface area contributed by atoms with E-state index in [-0.39, 0.29) is 0 Å². The molecule has 0 bridgehead atoms. The minimum atomic E-state index is -0.739. The Morgan fingerprint density at radius 3 is 2.89 bits per heavy atom. The van der Waals surface area contributed by atoms with Crippen molar-refractivity contribution in [1.82, 2.24) is 9.78 Å². The van der Waals surface area contributed by atoms with Crippen LogP contribution in [0.3, 0.4) is 0 Å². The van der Waals surface area contributed by atoms with Crippen molar-refractivity contribution in [3.63, 3.8) is 0 Å². The number of aliphatic hydroxyl groups excluding tert-OH is 1. The van der Waals surface area contributed by atoms with Gasteiger partial charge in [-0.3, -0.25) is 4.68 Å². The summed E-state index contributed by atoms with van der Waals surface area (Å²) in [5.41, 5.74) is 1.52. The highest BCUT2D eigenvalue weighted by atomic mass is 79.9. The SMILES string of the molecule is CCCn1nccc1C(O)c1ccc(Br)cc1OC. The number of halogens is 1. The van der Waals surface area contributed by atoms with Crippen LogP contribution in [-0.2, 0) is 6.54 Å². The van der Waals surface area contributed by atoms with E-state index >= 15 is 0 Å². The number of aliphatic hydroxyl groups is 1. The van der Waals surface area contributed by atoms with Crippen LogP contribution in [0, 0.1) is 0 Å². The van der Waals surface area contributed by atoms with Gasteiger partial charge in [0.15, 0.2) is 0 Å². The first kappa shape index (κ1) is 14.1. The second-order valence-corrected chi connectivity index (χ2v) is 5.18. The summed E-state index contributed by atoms with van der Waals surface area (Å²) in [5, 5.41) is 14.8. The molecule has 0 saturated heterocycles. The molecular weight excluding hydrogens is 308 g/mol. The van der Waals surface area contributed by atoms with E-state index in [1.54, 1.807) is 13.3 Å². The lowest BCUT2D eigenvalue weighted by Crippen LogP contribution is -2.11. The van der Waals surface area contributed by atoms with Gasteiger partial charge < -0.3 is 9.84 Å². The van der Waals surface area contributed by atoms with Crippen molar-refractivity contribution in [3.8, 4) is 5.75 Å². The molecule has 4 nitrogen and oxygen atoms in total. The van der Waals surface area contributed by atoms with Crippen LogP contribution >= 0.6 is 15.9 Å². The molecule has 0 fully saturated rings. The Bertz CT molecular complexity index is 554. The van der Waals surface area contributed by atoms with Crippen LogP contribution in [0.2, 0.25) is 0 Å². The quantitative estimate of drug-likeness (QED) is 0.919. The molecule has 2 rings (SSSR count). The van der Waals surface area contributed by atoms with Crippen LogP contribution in [0.1, 0.15) is 30.7 Å². The fraction of sp³-hybridized carbons (Fsp3) is 0.357. The summed E-state index contributed by atoms with van der Waals surface area (Å²) in [7, 11) is 1.60. The number of rotatable bonds is 5. The van der Waals surface area contributed by atoms with Gasteiger partial charge in [-0.2, -0.15) is 5.10 Å². The van der Waals surface area contributed by atoms with E-state index < -0.39 is 6.10 Å². The molecule has 0 aliphatic heterocycles. The molecule has 19 heavy (non-hydrogen) atoms. The smallest absolute Gasteiger partial charge is 0.126 e. The summed E-state index contributed by atoms with van der Waals surface area (Å²) in [6, 6.07) is 7.43. The molecule has 0 aliphatic carbocycles. The van der Waals surface area contributed by atoms with Crippen LogP contribution in [0.4, 0.5) is 0 Å². The number of benzene rings is 1. The van der Waals surface area contributed by atoms with Crippen molar-refractivity contribution >= 4 is 15.9 Å². The first-order chi connectivity index (χ1) is 9.17. The molecule has 1 heterocycles. The van der Waals surface area contributed by atoms with Crippen molar-refractivity contribution in [2.24, 2.45) is 0 Å². The van der Waals surface area contributed by atoms with E-state index in [0.29, 0.717) is 5.75 Å². The van der Waals surface area contributed by atoms with E-state index in [1.165, 1.54) is 0 Å². The molecule has 0 aliphatic rings. The molecule has 0 saturated carbocycles. The van der Waals surface area contributed by atoms with Gasteiger partial charge in [0.2, 0.25) is 0 Å². The molecule has 0 spiro atoms. The predicted octanol–water partition coefficient (Wildman–Crippen LogP) is 3.15. The second-order valence-electron chi connectivity index (χ2n) is 4.27. The lowest BCUT2D eigenvalue weighted by atomic mass is 10.1. The van der Waals surface area contributed by atoms with Gasteiger partial charge in [0.05, 0.1) is 12.8 Å². The highest BCUT2D eigenvalue weighted by molar-refractivity contribution is 9.10. The Morgan fingerprint density at radius 2 is 2.21 bits per heavy atom. The highest BCUT2D eigenvalue weighted by Crippen LogP contribution is 2.32. The van der Waals surface area contributed by atoms with E-state index in [9.17, 15) is 5.11 Å². The Hall–Kier alpha value is -1.33. The number of aryl methyl sites for hydroxylation is 1. The first-order valence-corrected chi connectivity index (χ1v) is 7.00. The monoisotopic (exact) mass is 324 g/mol. The minimum Gasteiger partial charge on any atom is -0.496 e. The summed E-state index contributed by atoms with van der Waals surface area (Å²) < 4.78 is 8.07. The third-order valence-corrected chi connectivity index (χ3v) is 3.45. The molecule has 102 valence electrons. The van der Waals surface area contributed by atoms with Gasteiger partial charge in [0.1, 0.15) is 11.9 Å². The van der Waals surface area contributed by atoms with Crippen molar-refractivity contribution in [2.75, 3.05) is 7.11 Å². The predicted molar refractivity (Wildman–Crippen MR) is 77.3 cm³/mol. The number of nitrogens with zero attached hydrogens (tertiary/aromatic N) is 2. The maximum Gasteiger partial charge on any atom is 0.126 e. The summed E-state index contributed by atoms with van der Waals surface area (Å²) in [5.74, 6) is 0.658. The maximum absolute atomic E-state index is 10.5. The molecule has 1 N–H and O–H groups in total. The Labute approximate surface area is 121 Å². The molecule has 0 radical (unpaired) electrons. The summed E-state index contributed by atoms with van der Waals surface area (Å²) in [4.78, 5) is 0. The second kappa shape index (κ2) is 6.21. The van der Waals surface area contributed by atoms with E-state index in [2.05, 4.69) is 28.0 Å². The molecular formula is C14H17BrN2O2. The van der Waals surface area contributed by atoms with Gasteiger partial charge in [0, 0.05) is 22.8 Å². The number of hydrogen-bond donors (Lipinski definition) is 1.